The quantitative estimate of drug-likeness (QED) is 0.684. The van der Waals surface area contributed by atoms with E-state index in [-0.39, 0.29) is 5.92 Å². The minimum atomic E-state index is 0.166. The number of carbonyl (C=O) groups is 1. The van der Waals surface area contributed by atoms with Crippen molar-refractivity contribution in [3.05, 3.63) is 0 Å². The summed E-state index contributed by atoms with van der Waals surface area (Å²) in [5.74, 6) is 1.04. The topological polar surface area (TPSA) is 29.1 Å². The Labute approximate surface area is 75.7 Å². The van der Waals surface area contributed by atoms with Crippen molar-refractivity contribution in [2.24, 2.45) is 11.8 Å². The first-order valence-corrected chi connectivity index (χ1v) is 4.69. The summed E-state index contributed by atoms with van der Waals surface area (Å²) >= 11 is 0. The van der Waals surface area contributed by atoms with E-state index in [2.05, 4.69) is 19.2 Å². The van der Waals surface area contributed by atoms with Crippen LogP contribution in [0.2, 0.25) is 0 Å². The third-order valence-electron chi connectivity index (χ3n) is 2.24. The molecule has 72 valence electrons. The van der Waals surface area contributed by atoms with Crippen LogP contribution in [-0.4, -0.2) is 18.9 Å². The third kappa shape index (κ3) is 3.86. The molecule has 0 aliphatic heterocycles. The van der Waals surface area contributed by atoms with Gasteiger partial charge >= 0.3 is 0 Å². The summed E-state index contributed by atoms with van der Waals surface area (Å²) in [6, 6.07) is 0.333. The molecule has 0 saturated heterocycles. The first kappa shape index (κ1) is 11.6. The number of nitrogens with one attached hydrogen (secondary N) is 1. The van der Waals surface area contributed by atoms with Gasteiger partial charge in [0.2, 0.25) is 0 Å². The first-order chi connectivity index (χ1) is 5.49. The van der Waals surface area contributed by atoms with Gasteiger partial charge in [-0.1, -0.05) is 27.7 Å². The molecule has 0 fully saturated rings. The van der Waals surface area contributed by atoms with Gasteiger partial charge in [-0.15, -0.1) is 0 Å². The zero-order valence-corrected chi connectivity index (χ0v) is 8.85. The fourth-order valence-electron chi connectivity index (χ4n) is 1.12. The van der Waals surface area contributed by atoms with Gasteiger partial charge in [0.15, 0.2) is 0 Å². The second kappa shape index (κ2) is 5.31. The molecule has 0 radical (unpaired) electrons. The Balaban J connectivity index is 3.94. The highest BCUT2D eigenvalue weighted by molar-refractivity contribution is 5.80. The molecular formula is C10H21NO. The predicted octanol–water partition coefficient (Wildman–Crippen LogP) is 1.85. The van der Waals surface area contributed by atoms with E-state index in [0.717, 1.165) is 0 Å². The molecule has 0 saturated carbocycles. The van der Waals surface area contributed by atoms with Gasteiger partial charge in [-0.3, -0.25) is 4.79 Å². The van der Waals surface area contributed by atoms with Crippen molar-refractivity contribution in [2.45, 2.75) is 40.2 Å². The lowest BCUT2D eigenvalue weighted by molar-refractivity contribution is -0.122. The molecule has 0 aromatic heterocycles. The average molecular weight is 171 g/mol. The highest BCUT2D eigenvalue weighted by Gasteiger charge is 2.16. The summed E-state index contributed by atoms with van der Waals surface area (Å²) in [5.41, 5.74) is 0. The molecule has 0 aromatic carbocycles. The van der Waals surface area contributed by atoms with E-state index in [4.69, 9.17) is 0 Å². The van der Waals surface area contributed by atoms with Crippen LogP contribution >= 0.6 is 0 Å². The van der Waals surface area contributed by atoms with Crippen molar-refractivity contribution in [2.75, 3.05) is 7.05 Å². The average Bonchev–Trinajstić information content (AvgIpc) is 1.98. The fourth-order valence-corrected chi connectivity index (χ4v) is 1.12. The Morgan fingerprint density at radius 1 is 1.25 bits per heavy atom. The van der Waals surface area contributed by atoms with Crippen molar-refractivity contribution >= 4 is 5.78 Å². The number of hydrogen-bond donors (Lipinski definition) is 1. The van der Waals surface area contributed by atoms with Crippen LogP contribution in [0.3, 0.4) is 0 Å². The van der Waals surface area contributed by atoms with Gasteiger partial charge in [0.25, 0.3) is 0 Å². The monoisotopic (exact) mass is 171 g/mol. The SMILES string of the molecule is CNC(CC(=O)C(C)C)C(C)C. The lowest BCUT2D eigenvalue weighted by atomic mass is 9.94. The molecule has 1 atom stereocenters. The zero-order valence-electron chi connectivity index (χ0n) is 8.85. The second-order valence-corrected chi connectivity index (χ2v) is 3.96. The summed E-state index contributed by atoms with van der Waals surface area (Å²) in [5, 5.41) is 3.17. The Morgan fingerprint density at radius 3 is 2.00 bits per heavy atom. The molecular weight excluding hydrogens is 150 g/mol. The standard InChI is InChI=1S/C10H21NO/c1-7(2)9(11-5)6-10(12)8(3)4/h7-9,11H,6H2,1-5H3. The van der Waals surface area contributed by atoms with Crippen LogP contribution in [-0.2, 0) is 4.79 Å². The smallest absolute Gasteiger partial charge is 0.136 e. The molecule has 0 heterocycles. The predicted molar refractivity (Wildman–Crippen MR) is 52.1 cm³/mol. The number of ketones is 1. The summed E-state index contributed by atoms with van der Waals surface area (Å²) in [4.78, 5) is 11.4. The number of Topliss-reactive ketones (excluding diaryl/α,β-unsaturated/α-hetero) is 1. The van der Waals surface area contributed by atoms with E-state index >= 15 is 0 Å². The van der Waals surface area contributed by atoms with E-state index in [1.165, 1.54) is 0 Å². The lowest BCUT2D eigenvalue weighted by Gasteiger charge is -2.20. The van der Waals surface area contributed by atoms with Gasteiger partial charge in [0, 0.05) is 18.4 Å². The summed E-state index contributed by atoms with van der Waals surface area (Å²) < 4.78 is 0. The molecule has 0 aliphatic carbocycles. The van der Waals surface area contributed by atoms with Crippen LogP contribution in [0.4, 0.5) is 0 Å². The minimum absolute atomic E-state index is 0.166. The molecule has 0 aromatic rings. The van der Waals surface area contributed by atoms with Crippen molar-refractivity contribution < 1.29 is 4.79 Å². The summed E-state index contributed by atoms with van der Waals surface area (Å²) in [7, 11) is 1.91. The van der Waals surface area contributed by atoms with Gasteiger partial charge in [0.05, 0.1) is 0 Å². The number of carbonyl (C=O) groups excluding carboxylic acids is 1. The van der Waals surface area contributed by atoms with Crippen LogP contribution in [0, 0.1) is 11.8 Å². The van der Waals surface area contributed by atoms with E-state index in [0.29, 0.717) is 24.2 Å². The molecule has 1 N–H and O–H groups in total. The largest absolute Gasteiger partial charge is 0.316 e. The van der Waals surface area contributed by atoms with Gasteiger partial charge < -0.3 is 5.32 Å². The lowest BCUT2D eigenvalue weighted by Crippen LogP contribution is -2.34. The minimum Gasteiger partial charge on any atom is -0.316 e. The van der Waals surface area contributed by atoms with E-state index < -0.39 is 0 Å². The maximum atomic E-state index is 11.4. The highest BCUT2D eigenvalue weighted by atomic mass is 16.1. The number of rotatable bonds is 5. The highest BCUT2D eigenvalue weighted by Crippen LogP contribution is 2.09. The maximum absolute atomic E-state index is 11.4. The van der Waals surface area contributed by atoms with Crippen LogP contribution in [0.25, 0.3) is 0 Å². The molecule has 2 heteroatoms. The fraction of sp³-hybridized carbons (Fsp3) is 0.900. The summed E-state index contributed by atoms with van der Waals surface area (Å²) in [6.07, 6.45) is 0.659. The van der Waals surface area contributed by atoms with Crippen molar-refractivity contribution in [1.29, 1.82) is 0 Å². The van der Waals surface area contributed by atoms with Crippen LogP contribution in [0.1, 0.15) is 34.1 Å². The molecule has 12 heavy (non-hydrogen) atoms. The zero-order chi connectivity index (χ0) is 9.72. The van der Waals surface area contributed by atoms with E-state index in [9.17, 15) is 4.79 Å². The normalized spacial score (nSPS) is 13.9. The Morgan fingerprint density at radius 2 is 1.75 bits per heavy atom. The van der Waals surface area contributed by atoms with Gasteiger partial charge in [-0.05, 0) is 13.0 Å². The number of hydrogen-bond acceptors (Lipinski definition) is 2. The molecule has 2 nitrogen and oxygen atoms in total. The maximum Gasteiger partial charge on any atom is 0.136 e. The molecule has 1 unspecified atom stereocenters. The Hall–Kier alpha value is -0.370. The van der Waals surface area contributed by atoms with Crippen LogP contribution in [0.5, 0.6) is 0 Å². The first-order valence-electron chi connectivity index (χ1n) is 4.69. The molecule has 0 amide bonds. The second-order valence-electron chi connectivity index (χ2n) is 3.96. The molecule has 0 aliphatic rings. The van der Waals surface area contributed by atoms with Crippen molar-refractivity contribution in [3.8, 4) is 0 Å². The van der Waals surface area contributed by atoms with Gasteiger partial charge in [-0.2, -0.15) is 0 Å². The van der Waals surface area contributed by atoms with E-state index in [1.54, 1.807) is 0 Å². The van der Waals surface area contributed by atoms with Gasteiger partial charge in [-0.25, -0.2) is 0 Å². The Bertz CT molecular complexity index is 141. The molecule has 0 bridgehead atoms. The van der Waals surface area contributed by atoms with Crippen molar-refractivity contribution in [3.63, 3.8) is 0 Å². The third-order valence-corrected chi connectivity index (χ3v) is 2.24. The molecule has 0 rings (SSSR count). The Kier molecular flexibility index (Phi) is 5.14. The van der Waals surface area contributed by atoms with Gasteiger partial charge in [0.1, 0.15) is 5.78 Å². The van der Waals surface area contributed by atoms with E-state index in [1.807, 2.05) is 20.9 Å². The summed E-state index contributed by atoms with van der Waals surface area (Å²) in [6.45, 7) is 8.17. The molecule has 0 spiro atoms. The van der Waals surface area contributed by atoms with Crippen LogP contribution < -0.4 is 5.32 Å². The van der Waals surface area contributed by atoms with Crippen molar-refractivity contribution in [1.82, 2.24) is 5.32 Å². The van der Waals surface area contributed by atoms with Crippen LogP contribution in [0.15, 0.2) is 0 Å².